The van der Waals surface area contributed by atoms with Crippen molar-refractivity contribution < 1.29 is 17.9 Å². The van der Waals surface area contributed by atoms with Crippen LogP contribution in [0.2, 0.25) is 0 Å². The number of anilines is 1. The van der Waals surface area contributed by atoms with E-state index in [1.165, 1.54) is 23.5 Å². The van der Waals surface area contributed by atoms with Crippen molar-refractivity contribution in [3.63, 3.8) is 0 Å². The van der Waals surface area contributed by atoms with E-state index >= 15 is 0 Å². The minimum Gasteiger partial charge on any atom is -0.487 e. The number of benzene rings is 2. The molecular formula is C23H23N3O4S2. The molecule has 0 bridgehead atoms. The highest BCUT2D eigenvalue weighted by Crippen LogP contribution is 2.40. The molecule has 1 amide bonds. The van der Waals surface area contributed by atoms with Crippen molar-refractivity contribution in [1.29, 1.82) is 0 Å². The molecule has 0 spiro atoms. The topological polar surface area (TPSA) is 88.6 Å². The van der Waals surface area contributed by atoms with Crippen LogP contribution in [0.15, 0.2) is 53.4 Å². The highest BCUT2D eigenvalue weighted by atomic mass is 32.2. The van der Waals surface area contributed by atoms with Crippen molar-refractivity contribution in [2.75, 3.05) is 11.9 Å². The number of amides is 1. The van der Waals surface area contributed by atoms with E-state index in [1.807, 2.05) is 31.2 Å². The second-order valence-electron chi connectivity index (χ2n) is 8.01. The Balaban J connectivity index is 1.33. The van der Waals surface area contributed by atoms with Crippen molar-refractivity contribution in [3.8, 4) is 17.0 Å². The van der Waals surface area contributed by atoms with Gasteiger partial charge in [-0.15, -0.1) is 0 Å². The Morgan fingerprint density at radius 1 is 1.16 bits per heavy atom. The Morgan fingerprint density at radius 3 is 2.72 bits per heavy atom. The fraction of sp³-hybridized carbons (Fsp3) is 0.304. The third-order valence-electron chi connectivity index (χ3n) is 5.88. The van der Waals surface area contributed by atoms with Crippen LogP contribution >= 0.6 is 11.3 Å². The summed E-state index contributed by atoms with van der Waals surface area (Å²) in [6.07, 6.45) is 2.79. The summed E-state index contributed by atoms with van der Waals surface area (Å²) in [5, 5.41) is 3.31. The number of nitrogens with zero attached hydrogens (tertiary/aromatic N) is 2. The van der Waals surface area contributed by atoms with Crippen molar-refractivity contribution >= 4 is 32.4 Å². The fourth-order valence-electron chi connectivity index (χ4n) is 4.16. The normalized spacial score (nSPS) is 18.3. The first kappa shape index (κ1) is 21.1. The Bertz CT molecular complexity index is 1270. The lowest BCUT2D eigenvalue weighted by atomic mass is 10.1. The van der Waals surface area contributed by atoms with E-state index in [2.05, 4.69) is 10.3 Å². The summed E-state index contributed by atoms with van der Waals surface area (Å²) < 4.78 is 33.3. The molecule has 0 aliphatic carbocycles. The summed E-state index contributed by atoms with van der Waals surface area (Å²) in [6.45, 7) is 2.89. The molecule has 3 aromatic rings. The molecule has 5 rings (SSSR count). The number of sulfonamides is 1. The van der Waals surface area contributed by atoms with E-state index in [0.717, 1.165) is 41.1 Å². The molecule has 0 saturated carbocycles. The predicted molar refractivity (Wildman–Crippen MR) is 123 cm³/mol. The summed E-state index contributed by atoms with van der Waals surface area (Å²) in [7, 11) is -3.57. The number of para-hydroxylation sites is 1. The van der Waals surface area contributed by atoms with Crippen LogP contribution in [0, 0.1) is 0 Å². The van der Waals surface area contributed by atoms with Crippen LogP contribution in [0.25, 0.3) is 11.3 Å². The second-order valence-corrected chi connectivity index (χ2v) is 11.0. The van der Waals surface area contributed by atoms with Gasteiger partial charge in [0.15, 0.2) is 5.13 Å². The molecule has 1 saturated heterocycles. The number of thiazole rings is 1. The predicted octanol–water partition coefficient (Wildman–Crippen LogP) is 4.52. The molecule has 1 fully saturated rings. The lowest BCUT2D eigenvalue weighted by molar-refractivity contribution is 0.102. The Labute approximate surface area is 191 Å². The van der Waals surface area contributed by atoms with E-state index in [9.17, 15) is 13.2 Å². The molecule has 2 aliphatic heterocycles. The van der Waals surface area contributed by atoms with Crippen molar-refractivity contribution in [1.82, 2.24) is 9.29 Å². The van der Waals surface area contributed by atoms with Crippen LogP contribution < -0.4 is 10.1 Å². The van der Waals surface area contributed by atoms with Gasteiger partial charge in [0.25, 0.3) is 5.91 Å². The number of hydrogen-bond acceptors (Lipinski definition) is 6. The Morgan fingerprint density at radius 2 is 1.94 bits per heavy atom. The van der Waals surface area contributed by atoms with Crippen LogP contribution in [-0.4, -0.2) is 36.2 Å². The molecule has 3 heterocycles. The summed E-state index contributed by atoms with van der Waals surface area (Å²) in [5.74, 6) is 0.448. The molecule has 1 atom stereocenters. The van der Waals surface area contributed by atoms with E-state index in [0.29, 0.717) is 23.8 Å². The summed E-state index contributed by atoms with van der Waals surface area (Å²) >= 11 is 1.38. The van der Waals surface area contributed by atoms with Gasteiger partial charge in [0.05, 0.1) is 15.5 Å². The summed E-state index contributed by atoms with van der Waals surface area (Å²) in [6, 6.07) is 13.8. The van der Waals surface area contributed by atoms with E-state index in [-0.39, 0.29) is 16.8 Å². The first-order valence-electron chi connectivity index (χ1n) is 10.6. The van der Waals surface area contributed by atoms with Gasteiger partial charge in [0, 0.05) is 23.7 Å². The first-order valence-corrected chi connectivity index (χ1v) is 12.8. The minimum absolute atomic E-state index is 0.0122. The SMILES string of the molecule is C[C@H]1CCCCN1S(=O)(=O)c1ccc(C(=O)Nc2nc3c(s2)COc2ccccc2-3)cc1. The largest absolute Gasteiger partial charge is 0.487 e. The monoisotopic (exact) mass is 469 g/mol. The number of fused-ring (bicyclic) bond motifs is 3. The maximum Gasteiger partial charge on any atom is 0.257 e. The van der Waals surface area contributed by atoms with Crippen LogP contribution in [0.5, 0.6) is 5.75 Å². The van der Waals surface area contributed by atoms with Gasteiger partial charge in [0.1, 0.15) is 12.4 Å². The average Bonchev–Trinajstić information content (AvgIpc) is 3.22. The van der Waals surface area contributed by atoms with Crippen molar-refractivity contribution in [2.45, 2.75) is 43.7 Å². The van der Waals surface area contributed by atoms with E-state index in [1.54, 1.807) is 16.4 Å². The molecule has 166 valence electrons. The third kappa shape index (κ3) is 3.80. The molecule has 7 nitrogen and oxygen atoms in total. The molecule has 32 heavy (non-hydrogen) atoms. The van der Waals surface area contributed by atoms with Crippen LogP contribution in [0.4, 0.5) is 5.13 Å². The van der Waals surface area contributed by atoms with E-state index in [4.69, 9.17) is 4.74 Å². The minimum atomic E-state index is -3.57. The number of rotatable bonds is 4. The molecule has 1 aromatic heterocycles. The quantitative estimate of drug-likeness (QED) is 0.607. The number of nitrogens with one attached hydrogen (secondary N) is 1. The molecule has 2 aliphatic rings. The lowest BCUT2D eigenvalue weighted by Gasteiger charge is -2.32. The van der Waals surface area contributed by atoms with Gasteiger partial charge in [-0.3, -0.25) is 10.1 Å². The molecule has 0 radical (unpaired) electrons. The number of aromatic nitrogens is 1. The molecule has 0 unspecified atom stereocenters. The fourth-order valence-corrected chi connectivity index (χ4v) is 6.74. The number of ether oxygens (including phenoxy) is 1. The van der Waals surface area contributed by atoms with Gasteiger partial charge in [-0.1, -0.05) is 29.9 Å². The number of hydrogen-bond donors (Lipinski definition) is 1. The van der Waals surface area contributed by atoms with Crippen molar-refractivity contribution in [3.05, 3.63) is 59.0 Å². The van der Waals surface area contributed by atoms with Crippen molar-refractivity contribution in [2.24, 2.45) is 0 Å². The average molecular weight is 470 g/mol. The second kappa shape index (κ2) is 8.31. The van der Waals surface area contributed by atoms with E-state index < -0.39 is 10.0 Å². The first-order chi connectivity index (χ1) is 15.4. The Hall–Kier alpha value is -2.75. The maximum atomic E-state index is 13.0. The summed E-state index contributed by atoms with van der Waals surface area (Å²) in [5.41, 5.74) is 2.11. The zero-order valence-electron chi connectivity index (χ0n) is 17.6. The maximum absolute atomic E-state index is 13.0. The van der Waals surface area contributed by atoms with Gasteiger partial charge in [-0.05, 0) is 56.2 Å². The molecule has 9 heteroatoms. The van der Waals surface area contributed by atoms with Gasteiger partial charge < -0.3 is 4.74 Å². The standard InChI is InChI=1S/C23H23N3O4S2/c1-15-6-4-5-13-26(15)32(28,29)17-11-9-16(10-12-17)22(27)25-23-24-21-18-7-2-3-8-19(18)30-14-20(21)31-23/h2-3,7-12,15H,4-6,13-14H2,1H3,(H,24,25,27)/t15-/m0/s1. The van der Waals surface area contributed by atoms with Gasteiger partial charge in [0.2, 0.25) is 10.0 Å². The smallest absolute Gasteiger partial charge is 0.257 e. The highest BCUT2D eigenvalue weighted by molar-refractivity contribution is 7.89. The molecular weight excluding hydrogens is 446 g/mol. The molecule has 2 aromatic carbocycles. The zero-order chi connectivity index (χ0) is 22.3. The highest BCUT2D eigenvalue weighted by Gasteiger charge is 2.31. The summed E-state index contributed by atoms with van der Waals surface area (Å²) in [4.78, 5) is 18.5. The number of carbonyl (C=O) groups is 1. The van der Waals surface area contributed by atoms with Crippen LogP contribution in [0.1, 0.15) is 41.4 Å². The van der Waals surface area contributed by atoms with Gasteiger partial charge in [-0.25, -0.2) is 13.4 Å². The third-order valence-corrected chi connectivity index (χ3v) is 8.86. The zero-order valence-corrected chi connectivity index (χ0v) is 19.2. The number of carbonyl (C=O) groups excluding carboxylic acids is 1. The van der Waals surface area contributed by atoms with Crippen LogP contribution in [-0.2, 0) is 16.6 Å². The lowest BCUT2D eigenvalue weighted by Crippen LogP contribution is -2.41. The van der Waals surface area contributed by atoms with Crippen LogP contribution in [0.3, 0.4) is 0 Å². The molecule has 1 N–H and O–H groups in total. The Kier molecular flexibility index (Phi) is 5.48. The van der Waals surface area contributed by atoms with Gasteiger partial charge in [-0.2, -0.15) is 4.31 Å². The number of piperidine rings is 1. The van der Waals surface area contributed by atoms with Gasteiger partial charge >= 0.3 is 0 Å².